The van der Waals surface area contributed by atoms with Gasteiger partial charge in [-0.25, -0.2) is 14.8 Å². The molecular formula is C19H18F6N6O4S. The van der Waals surface area contributed by atoms with Crippen LogP contribution in [0.1, 0.15) is 35.0 Å². The third kappa shape index (κ3) is 5.83. The van der Waals surface area contributed by atoms with Crippen LogP contribution in [0.15, 0.2) is 28.6 Å². The Hall–Kier alpha value is -3.50. The number of hydrogen-bond acceptors (Lipinski definition) is 9. The van der Waals surface area contributed by atoms with Crippen LogP contribution in [0.4, 0.5) is 49.4 Å². The fourth-order valence-corrected chi connectivity index (χ4v) is 3.83. The summed E-state index contributed by atoms with van der Waals surface area (Å²) in [5, 5.41) is 7.05. The van der Waals surface area contributed by atoms with Gasteiger partial charge in [0.25, 0.3) is 5.95 Å². The number of halogens is 6. The average molecular weight is 540 g/mol. The van der Waals surface area contributed by atoms with Crippen molar-refractivity contribution in [2.24, 2.45) is 10.2 Å². The predicted octanol–water partition coefficient (Wildman–Crippen LogP) is 4.73. The largest absolute Gasteiger partial charge is 0.516 e. The van der Waals surface area contributed by atoms with Crippen molar-refractivity contribution in [2.75, 3.05) is 29.8 Å². The molecule has 36 heavy (non-hydrogen) atoms. The first-order chi connectivity index (χ1) is 16.6. The quantitative estimate of drug-likeness (QED) is 0.319. The zero-order valence-electron chi connectivity index (χ0n) is 18.6. The first-order valence-electron chi connectivity index (χ1n) is 10.1. The molecule has 2 aromatic rings. The highest BCUT2D eigenvalue weighted by molar-refractivity contribution is 7.93. The van der Waals surface area contributed by atoms with Crippen molar-refractivity contribution in [3.05, 3.63) is 35.2 Å². The van der Waals surface area contributed by atoms with Crippen LogP contribution in [-0.4, -0.2) is 50.1 Å². The predicted molar refractivity (Wildman–Crippen MR) is 114 cm³/mol. The number of aryl methyl sites for hydroxylation is 1. The molecule has 0 fully saturated rings. The van der Waals surface area contributed by atoms with Crippen molar-refractivity contribution in [3.63, 3.8) is 0 Å². The first-order valence-corrected chi connectivity index (χ1v) is 11.6. The Balaban J connectivity index is 2.08. The van der Waals surface area contributed by atoms with E-state index >= 15 is 0 Å². The number of fused-ring (bicyclic) bond motifs is 1. The molecule has 3 rings (SSSR count). The molecule has 1 aromatic carbocycles. The summed E-state index contributed by atoms with van der Waals surface area (Å²) in [6, 6.07) is 2.39. The average Bonchev–Trinajstić information content (AvgIpc) is 2.76. The van der Waals surface area contributed by atoms with Crippen LogP contribution in [-0.2, 0) is 27.4 Å². The van der Waals surface area contributed by atoms with Crippen molar-refractivity contribution in [1.82, 2.24) is 9.97 Å². The van der Waals surface area contributed by atoms with Crippen LogP contribution >= 0.6 is 0 Å². The van der Waals surface area contributed by atoms with E-state index in [0.29, 0.717) is 36.8 Å². The van der Waals surface area contributed by atoms with E-state index in [0.717, 1.165) is 6.07 Å². The van der Waals surface area contributed by atoms with Gasteiger partial charge in [0.15, 0.2) is 5.69 Å². The Kier molecular flexibility index (Phi) is 7.42. The molecule has 2 heterocycles. The molecule has 0 radical (unpaired) electrons. The Morgan fingerprint density at radius 3 is 2.50 bits per heavy atom. The van der Waals surface area contributed by atoms with Crippen LogP contribution in [0.2, 0.25) is 0 Å². The lowest BCUT2D eigenvalue weighted by molar-refractivity contribution is -0.141. The van der Waals surface area contributed by atoms with Gasteiger partial charge in [0.1, 0.15) is 11.3 Å². The number of esters is 1. The number of sulfonamides is 1. The molecule has 1 aliphatic rings. The number of nitrogens with zero attached hydrogens (tertiary/aromatic N) is 5. The van der Waals surface area contributed by atoms with Crippen LogP contribution in [0, 0.1) is 0 Å². The molecule has 1 aliphatic heterocycles. The van der Waals surface area contributed by atoms with Crippen LogP contribution < -0.4 is 9.62 Å². The maximum atomic E-state index is 13.4. The SMILES string of the molecule is CCOC(=O)c1cnc(N=Nc2cc3c(cc2NS(=O)(=O)C(F)(F)F)N(C)CCC3)nc1C(F)(F)F. The molecule has 17 heteroatoms. The van der Waals surface area contributed by atoms with Crippen molar-refractivity contribution in [1.29, 1.82) is 0 Å². The van der Waals surface area contributed by atoms with Crippen LogP contribution in [0.5, 0.6) is 0 Å². The van der Waals surface area contributed by atoms with Crippen molar-refractivity contribution in [2.45, 2.75) is 31.5 Å². The third-order valence-electron chi connectivity index (χ3n) is 4.88. The fraction of sp³-hybridized carbons (Fsp3) is 0.421. The third-order valence-corrected chi connectivity index (χ3v) is 5.98. The van der Waals surface area contributed by atoms with Gasteiger partial charge in [-0.15, -0.1) is 10.2 Å². The summed E-state index contributed by atoms with van der Waals surface area (Å²) in [7, 11) is -4.20. The highest BCUT2D eigenvalue weighted by Gasteiger charge is 2.46. The van der Waals surface area contributed by atoms with Gasteiger partial charge in [-0.1, -0.05) is 0 Å². The molecule has 0 bridgehead atoms. The van der Waals surface area contributed by atoms with Gasteiger partial charge in [0.05, 0.1) is 12.3 Å². The minimum Gasteiger partial charge on any atom is -0.462 e. The molecule has 0 atom stereocenters. The Morgan fingerprint density at radius 2 is 1.89 bits per heavy atom. The van der Waals surface area contributed by atoms with Crippen LogP contribution in [0.3, 0.4) is 0 Å². The van der Waals surface area contributed by atoms with E-state index in [9.17, 15) is 39.6 Å². The molecule has 0 amide bonds. The van der Waals surface area contributed by atoms with Gasteiger partial charge in [-0.3, -0.25) is 4.72 Å². The molecule has 0 saturated carbocycles. The van der Waals surface area contributed by atoms with Crippen molar-refractivity contribution in [3.8, 4) is 0 Å². The fourth-order valence-electron chi connectivity index (χ4n) is 3.26. The maximum Gasteiger partial charge on any atom is 0.516 e. The molecular weight excluding hydrogens is 522 g/mol. The highest BCUT2D eigenvalue weighted by atomic mass is 32.2. The summed E-state index contributed by atoms with van der Waals surface area (Å²) < 4.78 is 108. The minimum absolute atomic E-state index is 0.207. The number of rotatable bonds is 6. The second-order valence-corrected chi connectivity index (χ2v) is 9.10. The minimum atomic E-state index is -5.85. The van der Waals surface area contributed by atoms with E-state index < -0.39 is 56.3 Å². The van der Waals surface area contributed by atoms with E-state index in [2.05, 4.69) is 24.9 Å². The Bertz CT molecular complexity index is 1300. The zero-order chi connectivity index (χ0) is 26.9. The normalized spacial score (nSPS) is 14.6. The number of azo groups is 1. The number of anilines is 2. The smallest absolute Gasteiger partial charge is 0.462 e. The highest BCUT2D eigenvalue weighted by Crippen LogP contribution is 2.39. The number of aromatic nitrogens is 2. The standard InChI is InChI=1S/C19H18F6N6O4S/c1-3-35-16(32)11-9-26-17(27-15(11)18(20,21)22)29-28-12-7-10-5-4-6-31(2)14(10)8-13(12)30-36(33,34)19(23,24)25/h7-9,30H,3-6H2,1-2H3. The van der Waals surface area contributed by atoms with E-state index in [4.69, 9.17) is 0 Å². The number of hydrogen-bond donors (Lipinski definition) is 1. The van der Waals surface area contributed by atoms with Gasteiger partial charge < -0.3 is 9.64 Å². The van der Waals surface area contributed by atoms with Crippen LogP contribution in [0.25, 0.3) is 0 Å². The lowest BCUT2D eigenvalue weighted by Gasteiger charge is -2.28. The second kappa shape index (κ2) is 9.87. The van der Waals surface area contributed by atoms with Gasteiger partial charge in [0, 0.05) is 25.5 Å². The monoisotopic (exact) mass is 540 g/mol. The summed E-state index contributed by atoms with van der Waals surface area (Å²) in [5.41, 5.74) is -8.26. The molecule has 10 nitrogen and oxygen atoms in total. The molecule has 1 N–H and O–H groups in total. The first kappa shape index (κ1) is 27.1. The summed E-state index contributed by atoms with van der Waals surface area (Å²) in [6.45, 7) is 1.73. The number of alkyl halides is 6. The zero-order valence-corrected chi connectivity index (χ0v) is 19.4. The molecule has 0 aliphatic carbocycles. The lowest BCUT2D eigenvalue weighted by Crippen LogP contribution is -2.30. The van der Waals surface area contributed by atoms with Gasteiger partial charge in [-0.05, 0) is 37.5 Å². The number of benzene rings is 1. The summed E-state index contributed by atoms with van der Waals surface area (Å²) in [6.07, 6.45) is -3.41. The molecule has 0 unspecified atom stereocenters. The topological polar surface area (TPSA) is 126 Å². The van der Waals surface area contributed by atoms with Crippen molar-refractivity contribution < 1.29 is 44.3 Å². The van der Waals surface area contributed by atoms with Gasteiger partial charge >= 0.3 is 27.7 Å². The lowest BCUT2D eigenvalue weighted by atomic mass is 10.0. The van der Waals surface area contributed by atoms with E-state index in [1.165, 1.54) is 17.7 Å². The molecule has 196 valence electrons. The van der Waals surface area contributed by atoms with Crippen molar-refractivity contribution >= 4 is 39.0 Å². The summed E-state index contributed by atoms with van der Waals surface area (Å²) in [4.78, 5) is 20.2. The van der Waals surface area contributed by atoms with E-state index in [-0.39, 0.29) is 6.61 Å². The van der Waals surface area contributed by atoms with Gasteiger partial charge in [0.2, 0.25) is 0 Å². The van der Waals surface area contributed by atoms with E-state index in [1.807, 2.05) is 0 Å². The molecule has 0 spiro atoms. The maximum absolute atomic E-state index is 13.4. The van der Waals surface area contributed by atoms with Gasteiger partial charge in [-0.2, -0.15) is 34.8 Å². The number of carbonyl (C=O) groups excluding carboxylic acids is 1. The number of nitrogens with one attached hydrogen (secondary N) is 1. The second-order valence-electron chi connectivity index (χ2n) is 7.42. The summed E-state index contributed by atoms with van der Waals surface area (Å²) >= 11 is 0. The molecule has 0 saturated heterocycles. The Morgan fingerprint density at radius 1 is 1.19 bits per heavy atom. The summed E-state index contributed by atoms with van der Waals surface area (Å²) in [5.74, 6) is -2.20. The number of carbonyl (C=O) groups is 1. The van der Waals surface area contributed by atoms with E-state index in [1.54, 1.807) is 11.9 Å². The molecule has 1 aromatic heterocycles. The Labute approximate surface area is 200 Å². The number of ether oxygens (including phenoxy) is 1.